The predicted molar refractivity (Wildman–Crippen MR) is 96.7 cm³/mol. The molecule has 0 saturated heterocycles. The van der Waals surface area contributed by atoms with Gasteiger partial charge in [0.05, 0.1) is 10.6 Å². The third-order valence-corrected chi connectivity index (χ3v) is 5.38. The van der Waals surface area contributed by atoms with E-state index in [1.807, 2.05) is 5.38 Å². The molecule has 3 rings (SSSR count). The van der Waals surface area contributed by atoms with Crippen molar-refractivity contribution in [1.82, 2.24) is 4.98 Å². The molecule has 0 fully saturated rings. The van der Waals surface area contributed by atoms with Crippen LogP contribution < -0.4 is 9.47 Å². The van der Waals surface area contributed by atoms with Crippen molar-refractivity contribution in [2.24, 2.45) is 0 Å². The smallest absolute Gasteiger partial charge is 0.175 e. The maximum atomic E-state index is 12.9. The number of ether oxygens (including phenoxy) is 2. The number of benzene rings is 2. The summed E-state index contributed by atoms with van der Waals surface area (Å²) in [7, 11) is -3.27. The standard InChI is InChI=1S/C18H16FNO4S2/c1-26(21,22)17-4-2-3-16(9-17)23-10-14-12-25-18(20-14)11-24-15-7-5-13(19)6-8-15/h2-9,12H,10-11H2,1H3. The lowest BCUT2D eigenvalue weighted by Crippen LogP contribution is -2.00. The monoisotopic (exact) mass is 393 g/mol. The van der Waals surface area contributed by atoms with Gasteiger partial charge in [-0.3, -0.25) is 0 Å². The third-order valence-electron chi connectivity index (χ3n) is 3.40. The summed E-state index contributed by atoms with van der Waals surface area (Å²) >= 11 is 1.43. The first-order chi connectivity index (χ1) is 12.4. The Morgan fingerprint density at radius 2 is 1.77 bits per heavy atom. The lowest BCUT2D eigenvalue weighted by molar-refractivity contribution is 0.294. The lowest BCUT2D eigenvalue weighted by atomic mass is 10.3. The van der Waals surface area contributed by atoms with Crippen molar-refractivity contribution >= 4 is 21.2 Å². The molecule has 8 heteroatoms. The molecule has 5 nitrogen and oxygen atoms in total. The highest BCUT2D eigenvalue weighted by Gasteiger charge is 2.09. The van der Waals surface area contributed by atoms with Crippen LogP contribution in [0.1, 0.15) is 10.7 Å². The molecule has 0 bridgehead atoms. The third kappa shape index (κ3) is 5.03. The van der Waals surface area contributed by atoms with Crippen molar-refractivity contribution in [2.75, 3.05) is 6.26 Å². The first-order valence-corrected chi connectivity index (χ1v) is 10.4. The molecule has 0 saturated carbocycles. The van der Waals surface area contributed by atoms with Crippen LogP contribution in [0.4, 0.5) is 4.39 Å². The molecule has 3 aromatic rings. The summed E-state index contributed by atoms with van der Waals surface area (Å²) in [6.07, 6.45) is 1.15. The second-order valence-electron chi connectivity index (χ2n) is 5.51. The van der Waals surface area contributed by atoms with Crippen LogP contribution in [0.5, 0.6) is 11.5 Å². The van der Waals surface area contributed by atoms with Crippen molar-refractivity contribution < 1.29 is 22.3 Å². The molecule has 0 aliphatic rings. The molecule has 1 heterocycles. The van der Waals surface area contributed by atoms with Gasteiger partial charge in [0.25, 0.3) is 0 Å². The van der Waals surface area contributed by atoms with Gasteiger partial charge in [-0.05, 0) is 42.5 Å². The highest BCUT2D eigenvalue weighted by molar-refractivity contribution is 7.90. The molecule has 0 spiro atoms. The highest BCUT2D eigenvalue weighted by atomic mass is 32.2. The van der Waals surface area contributed by atoms with Gasteiger partial charge in [0.1, 0.15) is 35.5 Å². The van der Waals surface area contributed by atoms with Crippen LogP contribution in [0.3, 0.4) is 0 Å². The SMILES string of the molecule is CS(=O)(=O)c1cccc(OCc2csc(COc3ccc(F)cc3)n2)c1. The van der Waals surface area contributed by atoms with Gasteiger partial charge in [-0.15, -0.1) is 11.3 Å². The summed E-state index contributed by atoms with van der Waals surface area (Å²) in [5.41, 5.74) is 0.720. The predicted octanol–water partition coefficient (Wildman–Crippen LogP) is 3.84. The van der Waals surface area contributed by atoms with E-state index in [0.717, 1.165) is 17.0 Å². The van der Waals surface area contributed by atoms with Gasteiger partial charge in [0.15, 0.2) is 9.84 Å². The highest BCUT2D eigenvalue weighted by Crippen LogP contribution is 2.20. The Bertz CT molecular complexity index is 984. The Hall–Kier alpha value is -2.45. The normalized spacial score (nSPS) is 11.3. The Morgan fingerprint density at radius 3 is 2.50 bits per heavy atom. The molecule has 0 amide bonds. The van der Waals surface area contributed by atoms with E-state index in [-0.39, 0.29) is 23.9 Å². The van der Waals surface area contributed by atoms with Gasteiger partial charge in [-0.25, -0.2) is 17.8 Å². The van der Waals surface area contributed by atoms with E-state index >= 15 is 0 Å². The van der Waals surface area contributed by atoms with Crippen molar-refractivity contribution in [2.45, 2.75) is 18.1 Å². The zero-order valence-corrected chi connectivity index (χ0v) is 15.5. The summed E-state index contributed by atoms with van der Waals surface area (Å²) in [5.74, 6) is 0.716. The number of aromatic nitrogens is 1. The average molecular weight is 393 g/mol. The topological polar surface area (TPSA) is 65.5 Å². The second kappa shape index (κ2) is 7.84. The van der Waals surface area contributed by atoms with Crippen LogP contribution in [0.15, 0.2) is 58.8 Å². The summed E-state index contributed by atoms with van der Waals surface area (Å²) in [6.45, 7) is 0.500. The minimum atomic E-state index is -3.27. The first kappa shape index (κ1) is 18.3. The van der Waals surface area contributed by atoms with Crippen LogP contribution in [0, 0.1) is 5.82 Å². The van der Waals surface area contributed by atoms with Crippen LogP contribution in [0.2, 0.25) is 0 Å². The van der Waals surface area contributed by atoms with Crippen molar-refractivity contribution in [3.8, 4) is 11.5 Å². The number of hydrogen-bond donors (Lipinski definition) is 0. The van der Waals surface area contributed by atoms with E-state index in [1.165, 1.54) is 35.6 Å². The number of halogens is 1. The molecule has 0 atom stereocenters. The summed E-state index contributed by atoms with van der Waals surface area (Å²) in [5, 5.41) is 2.61. The quantitative estimate of drug-likeness (QED) is 0.610. The van der Waals surface area contributed by atoms with E-state index in [9.17, 15) is 12.8 Å². The largest absolute Gasteiger partial charge is 0.487 e. The van der Waals surface area contributed by atoms with Gasteiger partial charge in [-0.2, -0.15) is 0 Å². The van der Waals surface area contributed by atoms with Gasteiger partial charge < -0.3 is 9.47 Å². The fraction of sp³-hybridized carbons (Fsp3) is 0.167. The number of sulfone groups is 1. The molecule has 136 valence electrons. The van der Waals surface area contributed by atoms with E-state index < -0.39 is 9.84 Å². The Balaban J connectivity index is 1.56. The van der Waals surface area contributed by atoms with Gasteiger partial charge in [0, 0.05) is 11.6 Å². The molecule has 0 unspecified atom stereocenters. The zero-order chi connectivity index (χ0) is 18.6. The van der Waals surface area contributed by atoms with Gasteiger partial charge >= 0.3 is 0 Å². The molecule has 2 aromatic carbocycles. The zero-order valence-electron chi connectivity index (χ0n) is 13.9. The molecular weight excluding hydrogens is 377 g/mol. The number of nitrogens with zero attached hydrogens (tertiary/aromatic N) is 1. The van der Waals surface area contributed by atoms with E-state index in [2.05, 4.69) is 4.98 Å². The molecule has 0 aliphatic carbocycles. The van der Waals surface area contributed by atoms with E-state index in [1.54, 1.807) is 24.3 Å². The number of thiazole rings is 1. The molecule has 0 radical (unpaired) electrons. The van der Waals surface area contributed by atoms with Crippen LogP contribution >= 0.6 is 11.3 Å². The summed E-state index contributed by atoms with van der Waals surface area (Å²) in [4.78, 5) is 4.62. The average Bonchev–Trinajstić information content (AvgIpc) is 3.07. The molecule has 1 aromatic heterocycles. The van der Waals surface area contributed by atoms with Gasteiger partial charge in [0.2, 0.25) is 0 Å². The molecule has 0 aliphatic heterocycles. The van der Waals surface area contributed by atoms with E-state index in [0.29, 0.717) is 11.5 Å². The number of rotatable bonds is 7. The first-order valence-electron chi connectivity index (χ1n) is 7.65. The van der Waals surface area contributed by atoms with Crippen LogP contribution in [0.25, 0.3) is 0 Å². The molecule has 26 heavy (non-hydrogen) atoms. The minimum absolute atomic E-state index is 0.210. The maximum Gasteiger partial charge on any atom is 0.175 e. The van der Waals surface area contributed by atoms with Crippen LogP contribution in [-0.2, 0) is 23.1 Å². The lowest BCUT2D eigenvalue weighted by Gasteiger charge is -2.06. The van der Waals surface area contributed by atoms with Crippen molar-refractivity contribution in [3.05, 3.63) is 70.4 Å². The van der Waals surface area contributed by atoms with Gasteiger partial charge in [-0.1, -0.05) is 6.07 Å². The maximum absolute atomic E-state index is 12.9. The Kier molecular flexibility index (Phi) is 5.53. The fourth-order valence-electron chi connectivity index (χ4n) is 2.11. The minimum Gasteiger partial charge on any atom is -0.487 e. The van der Waals surface area contributed by atoms with Crippen LogP contribution in [-0.4, -0.2) is 19.7 Å². The fourth-order valence-corrected chi connectivity index (χ4v) is 3.46. The Morgan fingerprint density at radius 1 is 1.04 bits per heavy atom. The molecule has 0 N–H and O–H groups in total. The van der Waals surface area contributed by atoms with Crippen molar-refractivity contribution in [1.29, 1.82) is 0 Å². The van der Waals surface area contributed by atoms with E-state index in [4.69, 9.17) is 9.47 Å². The second-order valence-corrected chi connectivity index (χ2v) is 8.47. The number of hydrogen-bond acceptors (Lipinski definition) is 6. The Labute approximate surface area is 155 Å². The summed E-state index contributed by atoms with van der Waals surface area (Å²) < 4.78 is 47.2. The summed E-state index contributed by atoms with van der Waals surface area (Å²) in [6, 6.07) is 12.1. The molecular formula is C18H16FNO4S2. The van der Waals surface area contributed by atoms with Crippen molar-refractivity contribution in [3.63, 3.8) is 0 Å².